The average Bonchev–Trinajstić information content (AvgIpc) is 2.79. The molecule has 0 aromatic heterocycles. The molecule has 1 aliphatic rings. The molecule has 0 aliphatic heterocycles. The van der Waals surface area contributed by atoms with E-state index in [9.17, 15) is 30.5 Å². The number of halogens is 7. The van der Waals surface area contributed by atoms with Gasteiger partial charge >= 0.3 is 58.9 Å². The van der Waals surface area contributed by atoms with Gasteiger partial charge < -0.3 is 0 Å². The molecule has 9 heteroatoms. The molecule has 1 aromatic rings. The summed E-state index contributed by atoms with van der Waals surface area (Å²) in [7, 11) is -3.67. The Morgan fingerprint density at radius 2 is 1.50 bits per heavy atom. The van der Waals surface area contributed by atoms with Crippen molar-refractivity contribution in [1.82, 2.24) is 0 Å². The molecule has 1 atom stereocenters. The van der Waals surface area contributed by atoms with E-state index in [1.54, 1.807) is 0 Å². The summed E-state index contributed by atoms with van der Waals surface area (Å²) in [6.45, 7) is 0. The number of hydrogen-bond donors (Lipinski definition) is 0. The fourth-order valence-electron chi connectivity index (χ4n) is 1.20. The van der Waals surface area contributed by atoms with E-state index in [2.05, 4.69) is 0 Å². The number of alkyl halides is 2. The summed E-state index contributed by atoms with van der Waals surface area (Å²) in [4.78, 5) is 0. The van der Waals surface area contributed by atoms with E-state index in [4.69, 9.17) is 0 Å². The van der Waals surface area contributed by atoms with Gasteiger partial charge in [0.2, 0.25) is 0 Å². The van der Waals surface area contributed by atoms with Gasteiger partial charge in [0, 0.05) is 0 Å². The van der Waals surface area contributed by atoms with E-state index >= 15 is 0 Å². The predicted octanol–water partition coefficient (Wildman–Crippen LogP) is 0.785. The van der Waals surface area contributed by atoms with Gasteiger partial charge in [0.05, 0.1) is 0 Å². The van der Waals surface area contributed by atoms with Crippen LogP contribution in [-0.4, -0.2) is 13.5 Å². The van der Waals surface area contributed by atoms with Gasteiger partial charge in [0.1, 0.15) is 5.92 Å². The molecule has 1 aromatic carbocycles. The second kappa shape index (κ2) is 7.28. The van der Waals surface area contributed by atoms with Gasteiger partial charge in [0.15, 0.2) is 11.6 Å². The maximum Gasteiger partial charge on any atom is 1.00 e. The zero-order chi connectivity index (χ0) is 13.2. The third-order valence-electron chi connectivity index (χ3n) is 2.00. The Morgan fingerprint density at radius 3 is 1.83 bits per heavy atom. The second-order valence-electron chi connectivity index (χ2n) is 3.24. The fraction of sp³-hybridized carbons (Fsp3) is 0.222. The van der Waals surface area contributed by atoms with Crippen LogP contribution in [0.15, 0.2) is 18.2 Å². The van der Waals surface area contributed by atoms with E-state index in [1.807, 2.05) is 0 Å². The summed E-state index contributed by atoms with van der Waals surface area (Å²) in [5.41, 5.74) is 0.115. The van der Waals surface area contributed by atoms with Crippen LogP contribution in [0.2, 0.25) is 0 Å². The van der Waals surface area contributed by atoms with Crippen molar-refractivity contribution in [1.29, 1.82) is 0 Å². The summed E-state index contributed by atoms with van der Waals surface area (Å²) < 4.78 is 78.9. The molecule has 0 radical (unpaired) electrons. The van der Waals surface area contributed by atoms with Crippen LogP contribution in [0.4, 0.5) is 30.5 Å². The third kappa shape index (κ3) is 5.60. The van der Waals surface area contributed by atoms with Gasteiger partial charge in [-0.1, -0.05) is 11.6 Å². The van der Waals surface area contributed by atoms with E-state index in [0.717, 1.165) is 18.6 Å². The second-order valence-corrected chi connectivity index (χ2v) is 3.24. The largest absolute Gasteiger partial charge is 1.00 e. The molecule has 0 N–H and O–H groups in total. The van der Waals surface area contributed by atoms with Crippen LogP contribution >= 0.6 is 0 Å². The smallest absolute Gasteiger partial charge is 0.254 e. The van der Waals surface area contributed by atoms with Crippen molar-refractivity contribution in [2.24, 2.45) is 0 Å². The van der Waals surface area contributed by atoms with Gasteiger partial charge in [-0.2, -0.15) is 0 Å². The van der Waals surface area contributed by atoms with Crippen molar-refractivity contribution in [3.63, 3.8) is 0 Å². The van der Waals surface area contributed by atoms with Crippen LogP contribution in [0, 0.1) is 18.1 Å². The molecule has 1 aliphatic carbocycles. The fourth-order valence-corrected chi connectivity index (χ4v) is 1.20. The topological polar surface area (TPSA) is 0 Å². The minimum Gasteiger partial charge on any atom is -0.254 e. The Labute approximate surface area is 142 Å². The molecular formula is C9H5BF7K. The Bertz CT molecular complexity index is 396. The van der Waals surface area contributed by atoms with Crippen LogP contribution in [0.3, 0.4) is 0 Å². The van der Waals surface area contributed by atoms with Crippen molar-refractivity contribution >= 4 is 7.54 Å². The first-order chi connectivity index (χ1) is 7.74. The standard InChI is InChI=1S/C9H5F4.BF3.K/c10-7-2-1-5(3-8(7)11)6-4-9(6,12)13;2-1(3)4;/h1-4,6H;;/q-1;;+1. The van der Waals surface area contributed by atoms with E-state index < -0.39 is 31.0 Å². The summed E-state index contributed by atoms with van der Waals surface area (Å²) in [5.74, 6) is -6.02. The number of rotatable bonds is 1. The first-order valence-electron chi connectivity index (χ1n) is 4.35. The average molecular weight is 296 g/mol. The monoisotopic (exact) mass is 296 g/mol. The Balaban J connectivity index is 0.000000512. The van der Waals surface area contributed by atoms with Crippen molar-refractivity contribution in [3.8, 4) is 0 Å². The maximum atomic E-state index is 12.6. The van der Waals surface area contributed by atoms with E-state index in [-0.39, 0.29) is 56.9 Å². The summed E-state index contributed by atoms with van der Waals surface area (Å²) >= 11 is 0. The molecular weight excluding hydrogens is 291 g/mol. The number of benzene rings is 1. The van der Waals surface area contributed by atoms with Crippen LogP contribution in [0.1, 0.15) is 11.5 Å². The molecule has 0 heterocycles. The van der Waals surface area contributed by atoms with Gasteiger partial charge in [-0.25, -0.2) is 17.6 Å². The zero-order valence-electron chi connectivity index (χ0n) is 9.11. The molecule has 1 saturated carbocycles. The van der Waals surface area contributed by atoms with Gasteiger partial charge in [-0.15, -0.1) is 5.92 Å². The van der Waals surface area contributed by atoms with Crippen molar-refractivity contribution < 1.29 is 81.9 Å². The van der Waals surface area contributed by atoms with Crippen molar-refractivity contribution in [3.05, 3.63) is 41.8 Å². The van der Waals surface area contributed by atoms with Crippen LogP contribution in [0.5, 0.6) is 0 Å². The minimum atomic E-state index is -3.67. The number of hydrogen-bond acceptors (Lipinski definition) is 0. The molecule has 2 rings (SSSR count). The van der Waals surface area contributed by atoms with Crippen molar-refractivity contribution in [2.75, 3.05) is 0 Å². The van der Waals surface area contributed by atoms with Crippen LogP contribution in [-0.2, 0) is 0 Å². The predicted molar refractivity (Wildman–Crippen MR) is 47.4 cm³/mol. The maximum absolute atomic E-state index is 12.6. The third-order valence-corrected chi connectivity index (χ3v) is 2.00. The quantitative estimate of drug-likeness (QED) is 0.408. The normalized spacial score (nSPS) is 19.2. The van der Waals surface area contributed by atoms with E-state index in [0.29, 0.717) is 0 Å². The Hall–Kier alpha value is 0.431. The molecule has 94 valence electrons. The molecule has 0 saturated heterocycles. The minimum absolute atomic E-state index is 0. The van der Waals surface area contributed by atoms with Gasteiger partial charge in [-0.05, 0) is 12.1 Å². The van der Waals surface area contributed by atoms with Crippen molar-refractivity contribution in [2.45, 2.75) is 11.8 Å². The summed E-state index contributed by atoms with van der Waals surface area (Å²) in [6, 6.07) is 2.82. The van der Waals surface area contributed by atoms with Crippen LogP contribution in [0.25, 0.3) is 0 Å². The zero-order valence-corrected chi connectivity index (χ0v) is 12.2. The summed E-state index contributed by atoms with van der Waals surface area (Å²) in [5, 5.41) is 0. The molecule has 1 fully saturated rings. The molecule has 18 heavy (non-hydrogen) atoms. The molecule has 0 nitrogen and oxygen atoms in total. The molecule has 0 amide bonds. The van der Waals surface area contributed by atoms with Crippen LogP contribution < -0.4 is 51.4 Å². The Morgan fingerprint density at radius 1 is 1.06 bits per heavy atom. The molecule has 1 unspecified atom stereocenters. The first-order valence-corrected chi connectivity index (χ1v) is 4.35. The van der Waals surface area contributed by atoms with E-state index in [1.165, 1.54) is 6.07 Å². The molecule has 0 spiro atoms. The van der Waals surface area contributed by atoms with Gasteiger partial charge in [-0.3, -0.25) is 19.4 Å². The van der Waals surface area contributed by atoms with Gasteiger partial charge in [0.25, 0.3) is 0 Å². The SMILES string of the molecule is FB(F)F.Fc1ccc(C2[CH-]C2(F)F)cc1F.[K+]. The molecule has 0 bridgehead atoms. The first kappa shape index (κ1) is 18.4. The Kier molecular flexibility index (Phi) is 7.45. The summed E-state index contributed by atoms with van der Waals surface area (Å²) in [6.07, 6.45) is 0.791.